The first-order valence-corrected chi connectivity index (χ1v) is 10.8. The monoisotopic (exact) mass is 453 g/mol. The van der Waals surface area contributed by atoms with Gasteiger partial charge >= 0.3 is 6.18 Å². The zero-order valence-corrected chi connectivity index (χ0v) is 18.9. The molecule has 1 unspecified atom stereocenters. The Bertz CT molecular complexity index is 920. The Hall–Kier alpha value is -2.46. The molecule has 1 aliphatic rings. The number of alkyl halides is 3. The van der Waals surface area contributed by atoms with Crippen LogP contribution in [0.5, 0.6) is 0 Å². The van der Waals surface area contributed by atoms with Crippen molar-refractivity contribution in [2.75, 3.05) is 26.2 Å². The van der Waals surface area contributed by atoms with Crippen LogP contribution in [0.1, 0.15) is 45.6 Å². The minimum atomic E-state index is -4.43. The van der Waals surface area contributed by atoms with E-state index in [4.69, 9.17) is 4.52 Å². The maximum atomic E-state index is 12.9. The van der Waals surface area contributed by atoms with Gasteiger partial charge in [0.05, 0.1) is 18.2 Å². The number of rotatable bonds is 7. The number of halogens is 3. The van der Waals surface area contributed by atoms with Crippen LogP contribution < -0.4 is 5.32 Å². The number of nitrogens with zero attached hydrogens (tertiary/aromatic N) is 4. The van der Waals surface area contributed by atoms with Crippen LogP contribution >= 0.6 is 0 Å². The predicted octanol–water partition coefficient (Wildman–Crippen LogP) is 3.57. The second-order valence-corrected chi connectivity index (χ2v) is 8.81. The van der Waals surface area contributed by atoms with Crippen molar-refractivity contribution in [3.05, 3.63) is 35.7 Å². The fourth-order valence-corrected chi connectivity index (χ4v) is 3.46. The second-order valence-electron chi connectivity index (χ2n) is 8.81. The molecule has 1 aromatic carbocycles. The summed E-state index contributed by atoms with van der Waals surface area (Å²) in [7, 11) is 0. The molecular weight excluding hydrogens is 423 g/mol. The first-order chi connectivity index (χ1) is 15.0. The van der Waals surface area contributed by atoms with Crippen LogP contribution in [0.2, 0.25) is 0 Å². The van der Waals surface area contributed by atoms with Crippen LogP contribution in [0.4, 0.5) is 13.2 Å². The normalized spacial score (nSPS) is 17.3. The van der Waals surface area contributed by atoms with Gasteiger partial charge in [-0.2, -0.15) is 18.2 Å². The summed E-state index contributed by atoms with van der Waals surface area (Å²) in [6, 6.07) is 4.65. The van der Waals surface area contributed by atoms with Crippen molar-refractivity contribution in [1.82, 2.24) is 25.3 Å². The van der Waals surface area contributed by atoms with E-state index < -0.39 is 11.7 Å². The summed E-state index contributed by atoms with van der Waals surface area (Å²) in [4.78, 5) is 21.1. The Labute approximate surface area is 186 Å². The van der Waals surface area contributed by atoms with Crippen LogP contribution in [0.25, 0.3) is 11.4 Å². The van der Waals surface area contributed by atoms with Crippen LogP contribution in [0, 0.1) is 0 Å². The smallest absolute Gasteiger partial charge is 0.350 e. The zero-order chi connectivity index (χ0) is 23.5. The Morgan fingerprint density at radius 1 is 1.22 bits per heavy atom. The topological polar surface area (TPSA) is 74.5 Å². The predicted molar refractivity (Wildman–Crippen MR) is 114 cm³/mol. The summed E-state index contributed by atoms with van der Waals surface area (Å²) >= 11 is 0. The average Bonchev–Trinajstić information content (AvgIpc) is 3.21. The minimum Gasteiger partial charge on any atom is -0.350 e. The standard InChI is InChI=1S/C22H30F3N5O2/c1-5-21(3,4)27-20(31)15(2)30-11-9-29(10-12-30)14-18-26-19(28-32-18)16-7-6-8-17(13-16)22(23,24)25/h6-8,13,15H,5,9-12,14H2,1-4H3,(H,27,31). The van der Waals surface area contributed by atoms with Crippen LogP contribution in [0.3, 0.4) is 0 Å². The van der Waals surface area contributed by atoms with Crippen molar-refractivity contribution in [2.45, 2.75) is 58.4 Å². The lowest BCUT2D eigenvalue weighted by Gasteiger charge is -2.38. The molecule has 7 nitrogen and oxygen atoms in total. The quantitative estimate of drug-likeness (QED) is 0.691. The highest BCUT2D eigenvalue weighted by molar-refractivity contribution is 5.82. The summed E-state index contributed by atoms with van der Waals surface area (Å²) in [6.07, 6.45) is -3.57. The number of carbonyl (C=O) groups is 1. The lowest BCUT2D eigenvalue weighted by atomic mass is 10.0. The molecule has 1 aromatic heterocycles. The van der Waals surface area contributed by atoms with E-state index in [-0.39, 0.29) is 28.9 Å². The molecule has 1 atom stereocenters. The van der Waals surface area contributed by atoms with E-state index in [0.717, 1.165) is 44.7 Å². The van der Waals surface area contributed by atoms with Crippen molar-refractivity contribution < 1.29 is 22.5 Å². The Kier molecular flexibility index (Phi) is 7.24. The van der Waals surface area contributed by atoms with Crippen molar-refractivity contribution >= 4 is 5.91 Å². The molecule has 1 amide bonds. The van der Waals surface area contributed by atoms with Gasteiger partial charge in [0.15, 0.2) is 0 Å². The van der Waals surface area contributed by atoms with Crippen LogP contribution in [0.15, 0.2) is 28.8 Å². The molecule has 1 fully saturated rings. The summed E-state index contributed by atoms with van der Waals surface area (Å²) in [5.74, 6) is 0.503. The molecule has 0 saturated carbocycles. The first-order valence-electron chi connectivity index (χ1n) is 10.8. The van der Waals surface area contributed by atoms with Crippen LogP contribution in [-0.2, 0) is 17.5 Å². The van der Waals surface area contributed by atoms with E-state index in [1.54, 1.807) is 0 Å². The van der Waals surface area contributed by atoms with E-state index in [1.807, 2.05) is 27.7 Å². The number of hydrogen-bond donors (Lipinski definition) is 1. The summed E-state index contributed by atoms with van der Waals surface area (Å²) in [6.45, 7) is 11.2. The van der Waals surface area contributed by atoms with Crippen LogP contribution in [-0.4, -0.2) is 63.6 Å². The van der Waals surface area contributed by atoms with Gasteiger partial charge in [0.2, 0.25) is 17.6 Å². The third-order valence-corrected chi connectivity index (χ3v) is 5.95. The van der Waals surface area contributed by atoms with Gasteiger partial charge < -0.3 is 9.84 Å². The highest BCUT2D eigenvalue weighted by Gasteiger charge is 2.31. The molecule has 3 rings (SSSR count). The van der Waals surface area contributed by atoms with Gasteiger partial charge in [-0.05, 0) is 39.3 Å². The van der Waals surface area contributed by atoms with E-state index in [0.29, 0.717) is 12.4 Å². The molecular formula is C22H30F3N5O2. The summed E-state index contributed by atoms with van der Waals surface area (Å²) in [5.41, 5.74) is -0.727. The fourth-order valence-electron chi connectivity index (χ4n) is 3.46. The summed E-state index contributed by atoms with van der Waals surface area (Å²) in [5, 5.41) is 6.93. The van der Waals surface area contributed by atoms with E-state index in [2.05, 4.69) is 25.3 Å². The zero-order valence-electron chi connectivity index (χ0n) is 18.9. The van der Waals surface area contributed by atoms with Crippen molar-refractivity contribution in [1.29, 1.82) is 0 Å². The molecule has 0 radical (unpaired) electrons. The molecule has 1 N–H and O–H groups in total. The lowest BCUT2D eigenvalue weighted by molar-refractivity contribution is -0.137. The van der Waals surface area contributed by atoms with Gasteiger partial charge in [0.1, 0.15) is 0 Å². The minimum absolute atomic E-state index is 0.0212. The van der Waals surface area contributed by atoms with E-state index >= 15 is 0 Å². The first kappa shape index (κ1) is 24.2. The maximum absolute atomic E-state index is 12.9. The van der Waals surface area contributed by atoms with Gasteiger partial charge in [0.25, 0.3) is 0 Å². The molecule has 1 saturated heterocycles. The molecule has 2 aromatic rings. The van der Waals surface area contributed by atoms with Gasteiger partial charge in [-0.15, -0.1) is 0 Å². The van der Waals surface area contributed by atoms with Gasteiger partial charge in [-0.1, -0.05) is 24.2 Å². The number of piperazine rings is 1. The van der Waals surface area contributed by atoms with Gasteiger partial charge in [-0.3, -0.25) is 14.6 Å². The Morgan fingerprint density at radius 2 is 1.91 bits per heavy atom. The number of nitrogens with one attached hydrogen (secondary N) is 1. The van der Waals surface area contributed by atoms with Gasteiger partial charge in [0, 0.05) is 37.3 Å². The fraction of sp³-hybridized carbons (Fsp3) is 0.591. The molecule has 0 bridgehead atoms. The molecule has 176 valence electrons. The number of amides is 1. The molecule has 0 aliphatic carbocycles. The van der Waals surface area contributed by atoms with Gasteiger partial charge in [-0.25, -0.2) is 0 Å². The highest BCUT2D eigenvalue weighted by Crippen LogP contribution is 2.31. The Balaban J connectivity index is 1.54. The summed E-state index contributed by atoms with van der Waals surface area (Å²) < 4.78 is 44.1. The number of aromatic nitrogens is 2. The third kappa shape index (κ3) is 6.07. The largest absolute Gasteiger partial charge is 0.416 e. The van der Waals surface area contributed by atoms with Crippen molar-refractivity contribution in [3.63, 3.8) is 0 Å². The van der Waals surface area contributed by atoms with Crippen molar-refractivity contribution in [3.8, 4) is 11.4 Å². The molecule has 2 heterocycles. The maximum Gasteiger partial charge on any atom is 0.416 e. The SMILES string of the molecule is CCC(C)(C)NC(=O)C(C)N1CCN(Cc2nc(-c3cccc(C(F)(F)F)c3)no2)CC1. The lowest BCUT2D eigenvalue weighted by Crippen LogP contribution is -2.56. The van der Waals surface area contributed by atoms with E-state index in [9.17, 15) is 18.0 Å². The van der Waals surface area contributed by atoms with E-state index in [1.165, 1.54) is 12.1 Å². The Morgan fingerprint density at radius 3 is 2.53 bits per heavy atom. The number of carbonyl (C=O) groups excluding carboxylic acids is 1. The number of hydrogen-bond acceptors (Lipinski definition) is 6. The van der Waals surface area contributed by atoms with Crippen molar-refractivity contribution in [2.24, 2.45) is 0 Å². The number of benzene rings is 1. The molecule has 0 spiro atoms. The highest BCUT2D eigenvalue weighted by atomic mass is 19.4. The molecule has 10 heteroatoms. The second kappa shape index (κ2) is 9.58. The average molecular weight is 454 g/mol. The third-order valence-electron chi connectivity index (χ3n) is 5.95. The molecule has 1 aliphatic heterocycles. The molecule has 32 heavy (non-hydrogen) atoms.